The van der Waals surface area contributed by atoms with Gasteiger partial charge in [-0.25, -0.2) is 0 Å². The SMILES string of the molecule is Cc1ccc(CNC(=O)c2cc(C(=O)Nc3ccccc3Cl)ccn2)cc1. The molecule has 0 fully saturated rings. The number of amides is 2. The highest BCUT2D eigenvalue weighted by Crippen LogP contribution is 2.21. The lowest BCUT2D eigenvalue weighted by Gasteiger charge is -2.09. The van der Waals surface area contributed by atoms with Crippen LogP contribution in [0, 0.1) is 6.92 Å². The Morgan fingerprint density at radius 2 is 1.74 bits per heavy atom. The summed E-state index contributed by atoms with van der Waals surface area (Å²) in [6, 6.07) is 17.8. The van der Waals surface area contributed by atoms with Gasteiger partial charge in [0.1, 0.15) is 5.69 Å². The molecule has 0 spiro atoms. The first-order valence-electron chi connectivity index (χ1n) is 8.38. The maximum Gasteiger partial charge on any atom is 0.270 e. The molecule has 0 unspecified atom stereocenters. The van der Waals surface area contributed by atoms with E-state index in [1.807, 2.05) is 31.2 Å². The van der Waals surface area contributed by atoms with Crippen LogP contribution >= 0.6 is 11.6 Å². The lowest BCUT2D eigenvalue weighted by Crippen LogP contribution is -2.24. The van der Waals surface area contributed by atoms with E-state index in [4.69, 9.17) is 11.6 Å². The van der Waals surface area contributed by atoms with Gasteiger partial charge in [-0.1, -0.05) is 53.6 Å². The molecule has 2 aromatic carbocycles. The van der Waals surface area contributed by atoms with Crippen LogP contribution in [0.2, 0.25) is 5.02 Å². The second-order valence-corrected chi connectivity index (χ2v) is 6.44. The normalized spacial score (nSPS) is 10.3. The van der Waals surface area contributed by atoms with Gasteiger partial charge in [-0.3, -0.25) is 14.6 Å². The van der Waals surface area contributed by atoms with Crippen molar-refractivity contribution < 1.29 is 9.59 Å². The van der Waals surface area contributed by atoms with Crippen LogP contribution in [0.5, 0.6) is 0 Å². The van der Waals surface area contributed by atoms with Crippen LogP contribution in [0.15, 0.2) is 66.9 Å². The monoisotopic (exact) mass is 379 g/mol. The smallest absolute Gasteiger partial charge is 0.270 e. The molecular weight excluding hydrogens is 362 g/mol. The lowest BCUT2D eigenvalue weighted by molar-refractivity contribution is 0.0946. The van der Waals surface area contributed by atoms with Crippen LogP contribution in [-0.4, -0.2) is 16.8 Å². The molecule has 0 saturated carbocycles. The van der Waals surface area contributed by atoms with Gasteiger partial charge in [0.25, 0.3) is 11.8 Å². The summed E-state index contributed by atoms with van der Waals surface area (Å²) in [4.78, 5) is 28.8. The van der Waals surface area contributed by atoms with E-state index in [2.05, 4.69) is 15.6 Å². The predicted molar refractivity (Wildman–Crippen MR) is 106 cm³/mol. The van der Waals surface area contributed by atoms with Crippen molar-refractivity contribution in [1.82, 2.24) is 10.3 Å². The molecule has 0 aliphatic rings. The third-order valence-electron chi connectivity index (χ3n) is 3.95. The van der Waals surface area contributed by atoms with Gasteiger partial charge in [-0.05, 0) is 36.8 Å². The number of nitrogens with one attached hydrogen (secondary N) is 2. The molecule has 6 heteroatoms. The number of aromatic nitrogens is 1. The summed E-state index contributed by atoms with van der Waals surface area (Å²) in [5.74, 6) is -0.707. The van der Waals surface area contributed by atoms with Gasteiger partial charge in [-0.15, -0.1) is 0 Å². The van der Waals surface area contributed by atoms with Gasteiger partial charge in [0, 0.05) is 18.3 Å². The van der Waals surface area contributed by atoms with Crippen LogP contribution in [0.25, 0.3) is 0 Å². The first-order chi connectivity index (χ1) is 13.0. The third-order valence-corrected chi connectivity index (χ3v) is 4.28. The fraction of sp³-hybridized carbons (Fsp3) is 0.0952. The van der Waals surface area contributed by atoms with Crippen molar-refractivity contribution in [3.63, 3.8) is 0 Å². The molecule has 0 saturated heterocycles. The highest BCUT2D eigenvalue weighted by Gasteiger charge is 2.13. The molecule has 2 amide bonds. The third kappa shape index (κ3) is 4.92. The van der Waals surface area contributed by atoms with E-state index in [1.54, 1.807) is 30.3 Å². The fourth-order valence-electron chi connectivity index (χ4n) is 2.43. The Kier molecular flexibility index (Phi) is 5.84. The number of carbonyl (C=O) groups is 2. The molecule has 27 heavy (non-hydrogen) atoms. The Morgan fingerprint density at radius 3 is 2.48 bits per heavy atom. The van der Waals surface area contributed by atoms with Crippen molar-refractivity contribution in [3.05, 3.63) is 94.3 Å². The van der Waals surface area contributed by atoms with Crippen LogP contribution in [-0.2, 0) is 6.54 Å². The molecule has 0 aliphatic carbocycles. The summed E-state index contributed by atoms with van der Waals surface area (Å²) in [5, 5.41) is 5.97. The number of carbonyl (C=O) groups excluding carboxylic acids is 2. The van der Waals surface area contributed by atoms with Gasteiger partial charge in [0.2, 0.25) is 0 Å². The highest BCUT2D eigenvalue weighted by atomic mass is 35.5. The Balaban J connectivity index is 1.67. The number of hydrogen-bond donors (Lipinski definition) is 2. The number of aryl methyl sites for hydroxylation is 1. The van der Waals surface area contributed by atoms with Gasteiger partial charge < -0.3 is 10.6 Å². The molecule has 1 aromatic heterocycles. The van der Waals surface area contributed by atoms with E-state index >= 15 is 0 Å². The lowest BCUT2D eigenvalue weighted by atomic mass is 10.1. The van der Waals surface area contributed by atoms with E-state index in [0.717, 1.165) is 11.1 Å². The Labute approximate surface area is 162 Å². The minimum Gasteiger partial charge on any atom is -0.347 e. The maximum atomic E-state index is 12.4. The van der Waals surface area contributed by atoms with Crippen molar-refractivity contribution in [2.45, 2.75) is 13.5 Å². The van der Waals surface area contributed by atoms with Crippen molar-refractivity contribution >= 4 is 29.1 Å². The quantitative estimate of drug-likeness (QED) is 0.697. The molecule has 5 nitrogen and oxygen atoms in total. The van der Waals surface area contributed by atoms with E-state index in [-0.39, 0.29) is 17.5 Å². The molecule has 136 valence electrons. The number of halogens is 1. The molecule has 1 heterocycles. The first-order valence-corrected chi connectivity index (χ1v) is 8.76. The fourth-order valence-corrected chi connectivity index (χ4v) is 2.61. The largest absolute Gasteiger partial charge is 0.347 e. The van der Waals surface area contributed by atoms with Gasteiger partial charge in [0.05, 0.1) is 10.7 Å². The number of benzene rings is 2. The van der Waals surface area contributed by atoms with Gasteiger partial charge in [-0.2, -0.15) is 0 Å². The number of nitrogens with zero attached hydrogens (tertiary/aromatic N) is 1. The van der Waals surface area contributed by atoms with Crippen LogP contribution < -0.4 is 10.6 Å². The topological polar surface area (TPSA) is 71.1 Å². The minimum absolute atomic E-state index is 0.175. The van der Waals surface area contributed by atoms with Crippen molar-refractivity contribution in [2.24, 2.45) is 0 Å². The summed E-state index contributed by atoms with van der Waals surface area (Å²) in [7, 11) is 0. The zero-order valence-corrected chi connectivity index (χ0v) is 15.5. The van der Waals surface area contributed by atoms with Crippen LogP contribution in [0.1, 0.15) is 32.0 Å². The average Bonchev–Trinajstić information content (AvgIpc) is 2.69. The minimum atomic E-state index is -0.363. The van der Waals surface area contributed by atoms with Crippen LogP contribution in [0.4, 0.5) is 5.69 Å². The molecule has 2 N–H and O–H groups in total. The van der Waals surface area contributed by atoms with Crippen molar-refractivity contribution in [2.75, 3.05) is 5.32 Å². The number of pyridine rings is 1. The zero-order chi connectivity index (χ0) is 19.2. The van der Waals surface area contributed by atoms with E-state index in [9.17, 15) is 9.59 Å². The molecule has 0 atom stereocenters. The average molecular weight is 380 g/mol. The first kappa shape index (κ1) is 18.6. The zero-order valence-electron chi connectivity index (χ0n) is 14.7. The molecule has 0 aliphatic heterocycles. The summed E-state index contributed by atoms with van der Waals surface area (Å²) in [6.45, 7) is 2.39. The number of hydrogen-bond acceptors (Lipinski definition) is 3. The number of para-hydroxylation sites is 1. The predicted octanol–water partition coefficient (Wildman–Crippen LogP) is 4.23. The Morgan fingerprint density at radius 1 is 1.00 bits per heavy atom. The molecule has 3 aromatic rings. The number of rotatable bonds is 5. The summed E-state index contributed by atoms with van der Waals surface area (Å²) in [5.41, 5.74) is 3.15. The second kappa shape index (κ2) is 8.47. The van der Waals surface area contributed by atoms with Crippen molar-refractivity contribution in [1.29, 1.82) is 0 Å². The maximum absolute atomic E-state index is 12.4. The highest BCUT2D eigenvalue weighted by molar-refractivity contribution is 6.33. The molecule has 0 radical (unpaired) electrons. The van der Waals surface area contributed by atoms with E-state index in [0.29, 0.717) is 22.8 Å². The van der Waals surface area contributed by atoms with Gasteiger partial charge in [0.15, 0.2) is 0 Å². The van der Waals surface area contributed by atoms with E-state index in [1.165, 1.54) is 12.3 Å². The van der Waals surface area contributed by atoms with Gasteiger partial charge >= 0.3 is 0 Å². The standard InChI is InChI=1S/C21H18ClN3O2/c1-14-6-8-15(9-7-14)13-24-21(27)19-12-16(10-11-23-19)20(26)25-18-5-3-2-4-17(18)22/h2-12H,13H2,1H3,(H,24,27)(H,25,26). The second-order valence-electron chi connectivity index (χ2n) is 6.03. The summed E-state index contributed by atoms with van der Waals surface area (Å²) in [6.07, 6.45) is 1.43. The van der Waals surface area contributed by atoms with Crippen molar-refractivity contribution in [3.8, 4) is 0 Å². The Bertz CT molecular complexity index is 971. The van der Waals surface area contributed by atoms with Crippen LogP contribution in [0.3, 0.4) is 0 Å². The molecule has 0 bridgehead atoms. The summed E-state index contributed by atoms with van der Waals surface area (Å²) < 4.78 is 0. The molecule has 3 rings (SSSR count). The van der Waals surface area contributed by atoms with E-state index < -0.39 is 0 Å². The Hall–Kier alpha value is -3.18. The number of anilines is 1. The molecular formula is C21H18ClN3O2. The summed E-state index contributed by atoms with van der Waals surface area (Å²) >= 11 is 6.06.